The summed E-state index contributed by atoms with van der Waals surface area (Å²) in [6, 6.07) is 3.70. The number of nitrogens with one attached hydrogen (secondary N) is 1. The van der Waals surface area contributed by atoms with Gasteiger partial charge in [-0.15, -0.1) is 0 Å². The Morgan fingerprint density at radius 3 is 2.86 bits per heavy atom. The summed E-state index contributed by atoms with van der Waals surface area (Å²) in [6.07, 6.45) is 8.37. The second-order valence-electron chi connectivity index (χ2n) is 5.85. The van der Waals surface area contributed by atoms with E-state index >= 15 is 0 Å². The molecule has 0 atom stereocenters. The maximum Gasteiger partial charge on any atom is 0.252 e. The number of aryl methyl sites for hydroxylation is 1. The van der Waals surface area contributed by atoms with Crippen LogP contribution < -0.4 is 10.9 Å². The summed E-state index contributed by atoms with van der Waals surface area (Å²) in [5, 5.41) is 13.2. The van der Waals surface area contributed by atoms with E-state index in [0.717, 1.165) is 18.2 Å². The van der Waals surface area contributed by atoms with E-state index in [4.69, 9.17) is 5.11 Å². The number of pyridine rings is 1. The maximum absolute atomic E-state index is 12.0. The van der Waals surface area contributed by atoms with Crippen LogP contribution in [0.4, 0.5) is 5.95 Å². The third-order valence-corrected chi connectivity index (χ3v) is 4.20. The maximum atomic E-state index is 12.0. The van der Waals surface area contributed by atoms with Crippen LogP contribution >= 0.6 is 0 Å². The minimum atomic E-state index is -0.0942. The van der Waals surface area contributed by atoms with Crippen molar-refractivity contribution in [2.45, 2.75) is 51.1 Å². The smallest absolute Gasteiger partial charge is 0.252 e. The molecule has 0 spiro atoms. The molecule has 0 radical (unpaired) electrons. The highest BCUT2D eigenvalue weighted by molar-refractivity contribution is 5.75. The topological polar surface area (TPSA) is 80.0 Å². The number of rotatable bonds is 5. The van der Waals surface area contributed by atoms with Crippen molar-refractivity contribution in [3.8, 4) is 0 Å². The van der Waals surface area contributed by atoms with E-state index in [9.17, 15) is 4.79 Å². The predicted octanol–water partition coefficient (Wildman–Crippen LogP) is 1.92. The zero-order chi connectivity index (χ0) is 15.4. The van der Waals surface area contributed by atoms with Gasteiger partial charge in [0.25, 0.3) is 5.56 Å². The average Bonchev–Trinajstić information content (AvgIpc) is 2.55. The van der Waals surface area contributed by atoms with E-state index in [2.05, 4.69) is 15.3 Å². The van der Waals surface area contributed by atoms with E-state index < -0.39 is 0 Å². The third-order valence-electron chi connectivity index (χ3n) is 4.20. The highest BCUT2D eigenvalue weighted by Crippen LogP contribution is 2.20. The number of aromatic nitrogens is 3. The molecule has 2 aromatic rings. The second kappa shape index (κ2) is 6.87. The molecule has 22 heavy (non-hydrogen) atoms. The zero-order valence-corrected chi connectivity index (χ0v) is 12.7. The number of aliphatic hydroxyl groups is 1. The Morgan fingerprint density at radius 1 is 1.27 bits per heavy atom. The van der Waals surface area contributed by atoms with Gasteiger partial charge in [0.05, 0.1) is 0 Å². The molecule has 2 aromatic heterocycles. The van der Waals surface area contributed by atoms with E-state index in [0.29, 0.717) is 30.6 Å². The lowest BCUT2D eigenvalue weighted by atomic mass is 9.96. The standard InChI is InChI=1S/C16H22N4O2/c21-10-4-9-20-14(22)8-7-12-11-17-16(19-15(12)20)18-13-5-2-1-3-6-13/h7-8,11,13,21H,1-6,9-10H2,(H,17,18,19). The van der Waals surface area contributed by atoms with Gasteiger partial charge in [-0.1, -0.05) is 19.3 Å². The molecule has 0 aromatic carbocycles. The molecule has 6 nitrogen and oxygen atoms in total. The Morgan fingerprint density at radius 2 is 2.09 bits per heavy atom. The molecule has 1 saturated carbocycles. The first-order valence-electron chi connectivity index (χ1n) is 8.02. The fourth-order valence-corrected chi connectivity index (χ4v) is 3.02. The average molecular weight is 302 g/mol. The number of aliphatic hydroxyl groups excluding tert-OH is 1. The van der Waals surface area contributed by atoms with E-state index in [1.807, 2.05) is 0 Å². The highest BCUT2D eigenvalue weighted by Gasteiger charge is 2.15. The van der Waals surface area contributed by atoms with Crippen molar-refractivity contribution in [1.29, 1.82) is 0 Å². The molecule has 0 unspecified atom stereocenters. The van der Waals surface area contributed by atoms with Gasteiger partial charge in [0.2, 0.25) is 5.95 Å². The van der Waals surface area contributed by atoms with Crippen molar-refractivity contribution in [2.24, 2.45) is 0 Å². The van der Waals surface area contributed by atoms with Gasteiger partial charge in [0.1, 0.15) is 5.65 Å². The summed E-state index contributed by atoms with van der Waals surface area (Å²) in [7, 11) is 0. The molecular formula is C16H22N4O2. The molecule has 2 heterocycles. The highest BCUT2D eigenvalue weighted by atomic mass is 16.3. The minimum absolute atomic E-state index is 0.0566. The number of hydrogen-bond donors (Lipinski definition) is 2. The number of hydrogen-bond acceptors (Lipinski definition) is 5. The zero-order valence-electron chi connectivity index (χ0n) is 12.7. The largest absolute Gasteiger partial charge is 0.396 e. The molecule has 0 saturated heterocycles. The third kappa shape index (κ3) is 3.27. The van der Waals surface area contributed by atoms with Crippen LogP contribution in [0, 0.1) is 0 Å². The van der Waals surface area contributed by atoms with E-state index in [1.165, 1.54) is 25.3 Å². The van der Waals surface area contributed by atoms with Gasteiger partial charge in [-0.2, -0.15) is 4.98 Å². The molecule has 1 aliphatic rings. The van der Waals surface area contributed by atoms with Gasteiger partial charge >= 0.3 is 0 Å². The van der Waals surface area contributed by atoms with Crippen LogP contribution in [0.15, 0.2) is 23.1 Å². The van der Waals surface area contributed by atoms with Crippen molar-refractivity contribution in [1.82, 2.24) is 14.5 Å². The molecular weight excluding hydrogens is 280 g/mol. The quantitative estimate of drug-likeness (QED) is 0.882. The normalized spacial score (nSPS) is 16.0. The van der Waals surface area contributed by atoms with Crippen LogP contribution in [0.2, 0.25) is 0 Å². The van der Waals surface area contributed by atoms with Crippen LogP contribution in [0.25, 0.3) is 11.0 Å². The van der Waals surface area contributed by atoms with Crippen LogP contribution in [0.5, 0.6) is 0 Å². The summed E-state index contributed by atoms with van der Waals surface area (Å²) >= 11 is 0. The van der Waals surface area contributed by atoms with Crippen molar-refractivity contribution < 1.29 is 5.11 Å². The lowest BCUT2D eigenvalue weighted by Gasteiger charge is -2.22. The number of nitrogens with zero attached hydrogens (tertiary/aromatic N) is 3. The van der Waals surface area contributed by atoms with Gasteiger partial charge in [-0.25, -0.2) is 4.98 Å². The second-order valence-corrected chi connectivity index (χ2v) is 5.85. The lowest BCUT2D eigenvalue weighted by Crippen LogP contribution is -2.25. The summed E-state index contributed by atoms with van der Waals surface area (Å²) in [5.74, 6) is 0.586. The Hall–Kier alpha value is -1.95. The minimum Gasteiger partial charge on any atom is -0.396 e. The van der Waals surface area contributed by atoms with Gasteiger partial charge in [0.15, 0.2) is 0 Å². The van der Waals surface area contributed by atoms with Crippen LogP contribution in [-0.4, -0.2) is 32.3 Å². The predicted molar refractivity (Wildman–Crippen MR) is 86.0 cm³/mol. The van der Waals surface area contributed by atoms with Gasteiger partial charge < -0.3 is 10.4 Å². The van der Waals surface area contributed by atoms with Crippen LogP contribution in [0.3, 0.4) is 0 Å². The number of anilines is 1. The van der Waals surface area contributed by atoms with Gasteiger partial charge in [-0.05, 0) is 25.3 Å². The van der Waals surface area contributed by atoms with Crippen molar-refractivity contribution in [3.05, 3.63) is 28.7 Å². The molecule has 0 amide bonds. The Labute approximate surface area is 129 Å². The van der Waals surface area contributed by atoms with Gasteiger partial charge in [0, 0.05) is 36.8 Å². The Bertz CT molecular complexity index is 692. The molecule has 118 valence electrons. The fourth-order valence-electron chi connectivity index (χ4n) is 3.02. The first-order valence-corrected chi connectivity index (χ1v) is 8.02. The SMILES string of the molecule is O=c1ccc2cnc(NC3CCCCC3)nc2n1CCCO. The molecule has 1 fully saturated rings. The monoisotopic (exact) mass is 302 g/mol. The number of fused-ring (bicyclic) bond motifs is 1. The summed E-state index contributed by atoms with van der Waals surface area (Å²) < 4.78 is 1.61. The van der Waals surface area contributed by atoms with Crippen LogP contribution in [-0.2, 0) is 6.54 Å². The Balaban J connectivity index is 1.90. The van der Waals surface area contributed by atoms with Crippen molar-refractivity contribution >= 4 is 17.0 Å². The molecule has 6 heteroatoms. The lowest BCUT2D eigenvalue weighted by molar-refractivity contribution is 0.280. The summed E-state index contributed by atoms with van der Waals surface area (Å²) in [4.78, 5) is 20.9. The van der Waals surface area contributed by atoms with Gasteiger partial charge in [-0.3, -0.25) is 9.36 Å². The van der Waals surface area contributed by atoms with Crippen molar-refractivity contribution in [3.63, 3.8) is 0 Å². The summed E-state index contributed by atoms with van der Waals surface area (Å²) in [5.41, 5.74) is 0.539. The first-order chi connectivity index (χ1) is 10.8. The first kappa shape index (κ1) is 15.0. The van der Waals surface area contributed by atoms with E-state index in [1.54, 1.807) is 16.8 Å². The molecule has 3 rings (SSSR count). The molecule has 0 aliphatic heterocycles. The Kier molecular flexibility index (Phi) is 4.68. The molecule has 0 bridgehead atoms. The van der Waals surface area contributed by atoms with Crippen LogP contribution in [0.1, 0.15) is 38.5 Å². The summed E-state index contributed by atoms with van der Waals surface area (Å²) in [6.45, 7) is 0.521. The van der Waals surface area contributed by atoms with Crippen molar-refractivity contribution in [2.75, 3.05) is 11.9 Å². The van der Waals surface area contributed by atoms with E-state index in [-0.39, 0.29) is 12.2 Å². The molecule has 1 aliphatic carbocycles. The fraction of sp³-hybridized carbons (Fsp3) is 0.562. The molecule has 2 N–H and O–H groups in total.